The Bertz CT molecular complexity index is 3050. The van der Waals surface area contributed by atoms with E-state index in [-0.39, 0.29) is 28.4 Å². The number of carboxylic acids is 2. The number of amides is 2. The lowest BCUT2D eigenvalue weighted by atomic mass is 9.97. The van der Waals surface area contributed by atoms with E-state index < -0.39 is 74.2 Å². The summed E-state index contributed by atoms with van der Waals surface area (Å²) in [6, 6.07) is 10.2. The number of benzene rings is 2. The van der Waals surface area contributed by atoms with E-state index in [9.17, 15) is 40.8 Å². The minimum absolute atomic E-state index is 0.0434. The molecule has 2 amide bonds. The summed E-state index contributed by atoms with van der Waals surface area (Å²) >= 11 is 18.2. The molecule has 4 heterocycles. The average molecular weight is 1030 g/mol. The minimum Gasteiger partial charge on any atom is -0.481 e. The Labute approximate surface area is 397 Å². The Morgan fingerprint density at radius 2 is 1.56 bits per heavy atom. The first-order valence-electron chi connectivity index (χ1n) is 18.5. The topological polar surface area (TPSA) is 286 Å². The summed E-state index contributed by atoms with van der Waals surface area (Å²) in [6.07, 6.45) is 1.70. The largest absolute Gasteiger partial charge is 0.481 e. The zero-order valence-corrected chi connectivity index (χ0v) is 38.6. The van der Waals surface area contributed by atoms with Crippen LogP contribution in [-0.4, -0.2) is 93.8 Å². The second-order valence-corrected chi connectivity index (χ2v) is 16.7. The second-order valence-electron chi connectivity index (χ2n) is 13.9. The lowest BCUT2D eigenvalue weighted by Gasteiger charge is -2.12. The predicted molar refractivity (Wildman–Crippen MR) is 236 cm³/mol. The fraction of sp³-hybridized carbons (Fsp3) is 0.225. The number of halogens is 6. The van der Waals surface area contributed by atoms with E-state index in [2.05, 4.69) is 31.0 Å². The Hall–Kier alpha value is -7.40. The third kappa shape index (κ3) is 14.1. The molecule has 0 spiro atoms. The van der Waals surface area contributed by atoms with Crippen molar-refractivity contribution in [3.63, 3.8) is 0 Å². The number of pyridine rings is 2. The second kappa shape index (κ2) is 22.4. The van der Waals surface area contributed by atoms with Gasteiger partial charge in [0.05, 0.1) is 46.6 Å². The van der Waals surface area contributed by atoms with Gasteiger partial charge in [0.25, 0.3) is 10.0 Å². The molecule has 68 heavy (non-hydrogen) atoms. The molecule has 360 valence electrons. The summed E-state index contributed by atoms with van der Waals surface area (Å²) in [6.45, 7) is 5.30. The van der Waals surface area contributed by atoms with E-state index in [1.54, 1.807) is 30.5 Å². The van der Waals surface area contributed by atoms with Gasteiger partial charge in [0.15, 0.2) is 11.6 Å². The van der Waals surface area contributed by atoms with Crippen LogP contribution in [0.3, 0.4) is 0 Å². The molecule has 4 aromatic heterocycles. The highest BCUT2D eigenvalue weighted by Crippen LogP contribution is 2.34. The van der Waals surface area contributed by atoms with Gasteiger partial charge in [0, 0.05) is 23.1 Å². The molecule has 0 aliphatic carbocycles. The maximum absolute atomic E-state index is 12.8. The number of alkyl halides is 3. The van der Waals surface area contributed by atoms with Crippen molar-refractivity contribution in [1.29, 1.82) is 0 Å². The number of methoxy groups -OCH3 is 2. The summed E-state index contributed by atoms with van der Waals surface area (Å²) in [5.41, 5.74) is -2.29. The van der Waals surface area contributed by atoms with Gasteiger partial charge in [0.1, 0.15) is 29.3 Å². The number of anilines is 1. The number of aliphatic carboxylic acids is 1. The van der Waals surface area contributed by atoms with Gasteiger partial charge < -0.3 is 33.6 Å². The van der Waals surface area contributed by atoms with Crippen molar-refractivity contribution in [2.75, 3.05) is 32.8 Å². The zero-order valence-electron chi connectivity index (χ0n) is 35.5. The highest BCUT2D eigenvalue weighted by molar-refractivity contribution is 7.90. The van der Waals surface area contributed by atoms with Gasteiger partial charge in [-0.25, -0.2) is 28.9 Å². The molecule has 0 aliphatic heterocycles. The quantitative estimate of drug-likeness (QED) is 0.0906. The van der Waals surface area contributed by atoms with Gasteiger partial charge >= 0.3 is 29.9 Å². The molecule has 0 fully saturated rings. The van der Waals surface area contributed by atoms with Crippen LogP contribution in [0.1, 0.15) is 42.7 Å². The van der Waals surface area contributed by atoms with E-state index in [0.717, 1.165) is 10.1 Å². The van der Waals surface area contributed by atoms with Crippen LogP contribution in [0, 0.1) is 12.3 Å². The van der Waals surface area contributed by atoms with Crippen LogP contribution in [0.5, 0.6) is 23.3 Å². The molecule has 6 rings (SSSR count). The lowest BCUT2D eigenvalue weighted by molar-refractivity contribution is -0.141. The monoisotopic (exact) mass is 1030 g/mol. The third-order valence-corrected chi connectivity index (χ3v) is 10.1. The molecule has 2 aromatic carbocycles. The number of carbonyl (C=O) groups excluding carboxylic acids is 1. The van der Waals surface area contributed by atoms with Gasteiger partial charge in [-0.05, 0) is 42.5 Å². The highest BCUT2D eigenvalue weighted by Gasteiger charge is 2.36. The first-order chi connectivity index (χ1) is 31.8. The lowest BCUT2D eigenvalue weighted by Crippen LogP contribution is -2.36. The Morgan fingerprint density at radius 1 is 0.897 bits per heavy atom. The summed E-state index contributed by atoms with van der Waals surface area (Å²) in [7, 11) is -2.66. The standard InChI is InChI=1S/C15H14Cl2N2O3.C14H12F3N5O7S.C11H8ClNO3/c1-5-6-21-12-8-11(9(16)7-10(12)17)19-14(20)22-13(18-19)15(2,3)4;1-28-8-5-9(29-2)20-12(19-8)21-13(25)22-30(26,27)10-6(11(23)24)3-4-7(18-10)14(15,16)17;12-8-3-4-9(16-6-10(14)15)11-7(8)2-1-5-13-11/h1,7-8H,6H2,2-4H3;3-5H,1-2H3,(H,23,24)(H2,19,20,21,22,25);1-5H,6H2,(H,14,15). The van der Waals surface area contributed by atoms with Crippen molar-refractivity contribution in [1.82, 2.24) is 34.4 Å². The number of carboxylic acid groups (broad SMARTS) is 2. The number of sulfonamides is 1. The van der Waals surface area contributed by atoms with Crippen molar-refractivity contribution in [2.24, 2.45) is 0 Å². The van der Waals surface area contributed by atoms with Crippen molar-refractivity contribution in [2.45, 2.75) is 37.4 Å². The van der Waals surface area contributed by atoms with Crippen LogP contribution in [0.15, 0.2) is 75.0 Å². The van der Waals surface area contributed by atoms with Crippen LogP contribution < -0.4 is 34.7 Å². The van der Waals surface area contributed by atoms with Crippen molar-refractivity contribution in [3.05, 3.63) is 104 Å². The Kier molecular flexibility index (Phi) is 17.5. The highest BCUT2D eigenvalue weighted by atomic mass is 35.5. The Balaban J connectivity index is 0.000000233. The smallest absolute Gasteiger partial charge is 0.442 e. The summed E-state index contributed by atoms with van der Waals surface area (Å²) in [5, 5.41) is 24.0. The molecule has 28 heteroatoms. The van der Waals surface area contributed by atoms with Gasteiger partial charge in [0.2, 0.25) is 23.6 Å². The Morgan fingerprint density at radius 3 is 2.12 bits per heavy atom. The number of ether oxygens (including phenoxy) is 4. The maximum atomic E-state index is 12.8. The number of rotatable bonds is 12. The normalized spacial score (nSPS) is 11.1. The molecule has 0 saturated heterocycles. The van der Waals surface area contributed by atoms with Crippen LogP contribution in [0.4, 0.5) is 23.9 Å². The SMILES string of the molecule is C#CCOc1cc(-n2nc(C(C)(C)C)oc2=O)c(Cl)cc1Cl.COc1cc(OC)nc(NC(=O)NS(=O)(=O)c2nc(C(F)(F)F)ccc2C(=O)O)n1.O=C(O)COc1ccc(Cl)c2cccnc12. The number of urea groups is 1. The molecular weight excluding hydrogens is 996 g/mol. The number of nitrogens with zero attached hydrogens (tertiary/aromatic N) is 6. The number of hydrogen-bond acceptors (Lipinski definition) is 16. The summed E-state index contributed by atoms with van der Waals surface area (Å²) in [5.74, 6) is -0.782. The van der Waals surface area contributed by atoms with Gasteiger partial charge in [-0.3, -0.25) is 10.3 Å². The summed E-state index contributed by atoms with van der Waals surface area (Å²) < 4.78 is 90.8. The predicted octanol–water partition coefficient (Wildman–Crippen LogP) is 6.91. The van der Waals surface area contributed by atoms with E-state index in [4.69, 9.17) is 74.8 Å². The van der Waals surface area contributed by atoms with Gasteiger partial charge in [-0.2, -0.15) is 36.2 Å². The molecule has 0 aliphatic rings. The molecular formula is C40H34Cl3F3N8O13S. The molecule has 21 nitrogen and oxygen atoms in total. The first-order valence-corrected chi connectivity index (χ1v) is 21.1. The summed E-state index contributed by atoms with van der Waals surface area (Å²) in [4.78, 5) is 60.0. The van der Waals surface area contributed by atoms with E-state index in [1.807, 2.05) is 26.1 Å². The number of nitrogens with one attached hydrogen (secondary N) is 2. The van der Waals surface area contributed by atoms with Crippen LogP contribution in [-0.2, 0) is 26.4 Å². The first kappa shape index (κ1) is 53.2. The van der Waals surface area contributed by atoms with Crippen LogP contribution in [0.2, 0.25) is 15.1 Å². The van der Waals surface area contributed by atoms with Crippen LogP contribution in [0.25, 0.3) is 16.6 Å². The molecule has 0 unspecified atom stereocenters. The van der Waals surface area contributed by atoms with Crippen LogP contribution >= 0.6 is 34.8 Å². The number of aromatic carboxylic acids is 1. The number of carbonyl (C=O) groups is 3. The number of aromatic nitrogens is 6. The van der Waals surface area contributed by atoms with Crippen molar-refractivity contribution >= 4 is 79.6 Å². The zero-order chi connectivity index (χ0) is 50.7. The molecule has 0 bridgehead atoms. The molecule has 0 atom stereocenters. The molecule has 6 aromatic rings. The average Bonchev–Trinajstić information content (AvgIpc) is 3.67. The number of fused-ring (bicyclic) bond motifs is 1. The van der Waals surface area contributed by atoms with Gasteiger partial charge in [-0.15, -0.1) is 11.5 Å². The maximum Gasteiger partial charge on any atom is 0.442 e. The van der Waals surface area contributed by atoms with Gasteiger partial charge in [-0.1, -0.05) is 61.5 Å². The van der Waals surface area contributed by atoms with Crippen molar-refractivity contribution < 1.29 is 69.6 Å². The molecule has 0 radical (unpaired) electrons. The number of hydrogen-bond donors (Lipinski definition) is 4. The minimum atomic E-state index is -5.14. The van der Waals surface area contributed by atoms with Crippen molar-refractivity contribution in [3.8, 4) is 41.3 Å². The molecule has 0 saturated carbocycles. The van der Waals surface area contributed by atoms with E-state index >= 15 is 0 Å². The molecule has 4 N–H and O–H groups in total. The van der Waals surface area contributed by atoms with E-state index in [1.165, 1.54) is 37.1 Å². The number of terminal acetylenes is 1. The third-order valence-electron chi connectivity index (χ3n) is 7.95. The fourth-order valence-electron chi connectivity index (χ4n) is 4.94. The fourth-order valence-corrected chi connectivity index (χ4v) is 6.73. The van der Waals surface area contributed by atoms with E-state index in [0.29, 0.717) is 45.7 Å².